The van der Waals surface area contributed by atoms with E-state index in [1.807, 2.05) is 19.3 Å². The first-order valence-corrected chi connectivity index (χ1v) is 10.3. The van der Waals surface area contributed by atoms with E-state index in [0.717, 1.165) is 28.9 Å². The number of unbranched alkanes of at least 4 members (excludes halogenated alkanes) is 2. The molecule has 0 unspecified atom stereocenters. The van der Waals surface area contributed by atoms with Crippen LogP contribution in [0, 0.1) is 11.7 Å². The van der Waals surface area contributed by atoms with Crippen LogP contribution in [0.25, 0.3) is 21.9 Å². The lowest BCUT2D eigenvalue weighted by Crippen LogP contribution is -3.00. The molecule has 2 heterocycles. The molecule has 0 N–H and O–H groups in total. The van der Waals surface area contributed by atoms with Gasteiger partial charge in [-0.05, 0) is 36.6 Å². The number of hydrogen-bond donors (Lipinski definition) is 0. The van der Waals surface area contributed by atoms with Gasteiger partial charge in [0.25, 0.3) is 0 Å². The van der Waals surface area contributed by atoms with E-state index in [-0.39, 0.29) is 29.8 Å². The van der Waals surface area contributed by atoms with Crippen molar-refractivity contribution in [1.82, 2.24) is 4.57 Å². The Kier molecular flexibility index (Phi) is 7.12. The number of nitrogens with zero attached hydrogens (tertiary/aromatic N) is 2. The van der Waals surface area contributed by atoms with E-state index in [9.17, 15) is 4.39 Å². The van der Waals surface area contributed by atoms with E-state index in [0.29, 0.717) is 0 Å². The number of fused-ring (bicyclic) bond motifs is 3. The molecule has 0 amide bonds. The number of hydrogen-bond acceptors (Lipinski definition) is 0. The third-order valence-electron chi connectivity index (χ3n) is 6.17. The molecule has 1 aliphatic carbocycles. The summed E-state index contributed by atoms with van der Waals surface area (Å²) in [6, 6.07) is 9.44. The molecule has 1 aromatic carbocycles. The minimum absolute atomic E-state index is 0. The SMILES string of the molecule is C[n+]1cccc2c1c1cc(F)ccc1n2CCCCCC1CCCCC1.[I-]. The molecule has 146 valence electrons. The summed E-state index contributed by atoms with van der Waals surface area (Å²) < 4.78 is 18.3. The van der Waals surface area contributed by atoms with Crippen molar-refractivity contribution in [2.45, 2.75) is 64.3 Å². The summed E-state index contributed by atoms with van der Waals surface area (Å²) in [6.07, 6.45) is 14.5. The fraction of sp³-hybridized carbons (Fsp3) is 0.522. The molecule has 0 aliphatic heterocycles. The number of aryl methyl sites for hydroxylation is 2. The number of aromatic nitrogens is 2. The zero-order valence-corrected chi connectivity index (χ0v) is 18.4. The monoisotopic (exact) mass is 480 g/mol. The zero-order valence-electron chi connectivity index (χ0n) is 16.3. The highest BCUT2D eigenvalue weighted by atomic mass is 127. The quantitative estimate of drug-likeness (QED) is 0.292. The summed E-state index contributed by atoms with van der Waals surface area (Å²) >= 11 is 0. The Morgan fingerprint density at radius 1 is 1.04 bits per heavy atom. The predicted octanol–water partition coefficient (Wildman–Crippen LogP) is 2.90. The van der Waals surface area contributed by atoms with Gasteiger partial charge in [0.05, 0.1) is 10.9 Å². The van der Waals surface area contributed by atoms with E-state index >= 15 is 0 Å². The van der Waals surface area contributed by atoms with Crippen molar-refractivity contribution >= 4 is 21.9 Å². The van der Waals surface area contributed by atoms with Crippen molar-refractivity contribution in [3.05, 3.63) is 42.3 Å². The van der Waals surface area contributed by atoms with Gasteiger partial charge in [0, 0.05) is 12.6 Å². The molecule has 1 aliphatic rings. The molecule has 1 fully saturated rings. The highest BCUT2D eigenvalue weighted by Gasteiger charge is 2.18. The minimum Gasteiger partial charge on any atom is -1.00 e. The smallest absolute Gasteiger partial charge is 0.238 e. The van der Waals surface area contributed by atoms with Crippen LogP contribution in [0.1, 0.15) is 57.8 Å². The third-order valence-corrected chi connectivity index (χ3v) is 6.17. The molecule has 3 aromatic rings. The van der Waals surface area contributed by atoms with Crippen molar-refractivity contribution in [2.75, 3.05) is 0 Å². The van der Waals surface area contributed by atoms with Crippen molar-refractivity contribution in [3.8, 4) is 0 Å². The number of rotatable bonds is 6. The summed E-state index contributed by atoms with van der Waals surface area (Å²) in [5.41, 5.74) is 3.49. The maximum absolute atomic E-state index is 13.8. The molecule has 27 heavy (non-hydrogen) atoms. The van der Waals surface area contributed by atoms with Crippen molar-refractivity contribution in [1.29, 1.82) is 0 Å². The molecule has 0 saturated heterocycles. The Balaban J connectivity index is 0.00000210. The van der Waals surface area contributed by atoms with Crippen LogP contribution in [0.5, 0.6) is 0 Å². The van der Waals surface area contributed by atoms with Crippen LogP contribution in [0.15, 0.2) is 36.5 Å². The van der Waals surface area contributed by atoms with Crippen LogP contribution in [0.4, 0.5) is 4.39 Å². The van der Waals surface area contributed by atoms with Gasteiger partial charge in [-0.1, -0.05) is 51.4 Å². The van der Waals surface area contributed by atoms with Gasteiger partial charge in [0.1, 0.15) is 18.4 Å². The first-order valence-electron chi connectivity index (χ1n) is 10.3. The van der Waals surface area contributed by atoms with Gasteiger partial charge in [-0.25, -0.2) is 4.39 Å². The highest BCUT2D eigenvalue weighted by Crippen LogP contribution is 2.29. The van der Waals surface area contributed by atoms with Gasteiger partial charge in [-0.2, -0.15) is 4.57 Å². The second kappa shape index (κ2) is 9.35. The van der Waals surface area contributed by atoms with Crippen LogP contribution < -0.4 is 28.5 Å². The molecule has 0 spiro atoms. The number of benzene rings is 1. The van der Waals surface area contributed by atoms with Gasteiger partial charge >= 0.3 is 0 Å². The van der Waals surface area contributed by atoms with Crippen molar-refractivity contribution in [3.63, 3.8) is 0 Å². The normalized spacial score (nSPS) is 15.3. The average Bonchev–Trinajstić information content (AvgIpc) is 2.96. The van der Waals surface area contributed by atoms with E-state index < -0.39 is 0 Å². The molecular weight excluding hydrogens is 450 g/mol. The van der Waals surface area contributed by atoms with Gasteiger partial charge in [0.15, 0.2) is 6.20 Å². The largest absolute Gasteiger partial charge is 1.00 e. The van der Waals surface area contributed by atoms with Crippen molar-refractivity contribution in [2.24, 2.45) is 13.0 Å². The topological polar surface area (TPSA) is 8.81 Å². The van der Waals surface area contributed by atoms with Crippen LogP contribution in [0.2, 0.25) is 0 Å². The maximum atomic E-state index is 13.8. The highest BCUT2D eigenvalue weighted by molar-refractivity contribution is 6.03. The Labute approximate surface area is 178 Å². The molecule has 0 bridgehead atoms. The lowest BCUT2D eigenvalue weighted by molar-refractivity contribution is -0.644. The lowest BCUT2D eigenvalue weighted by Gasteiger charge is -2.21. The van der Waals surface area contributed by atoms with E-state index in [1.54, 1.807) is 12.1 Å². The first-order chi connectivity index (χ1) is 12.7. The average molecular weight is 480 g/mol. The molecule has 2 aromatic heterocycles. The fourth-order valence-electron chi connectivity index (χ4n) is 4.80. The molecule has 4 heteroatoms. The Bertz CT molecular complexity index is 896. The van der Waals surface area contributed by atoms with Gasteiger partial charge in [0.2, 0.25) is 5.52 Å². The van der Waals surface area contributed by atoms with Crippen LogP contribution in [-0.4, -0.2) is 4.57 Å². The minimum atomic E-state index is -0.159. The fourth-order valence-corrected chi connectivity index (χ4v) is 4.80. The van der Waals surface area contributed by atoms with Gasteiger partial charge in [-0.3, -0.25) is 0 Å². The molecule has 4 rings (SSSR count). The summed E-state index contributed by atoms with van der Waals surface area (Å²) in [6.45, 7) is 1.01. The standard InChI is InChI=1S/C23H30FN2.HI/c1-25-15-8-12-22-23(25)20-17-19(24)13-14-21(20)26(22)16-7-3-6-11-18-9-4-2-5-10-18;/h8,12-15,17-18H,2-7,9-11,16H2,1H3;1H/q+1;/p-1. The van der Waals surface area contributed by atoms with E-state index in [4.69, 9.17) is 0 Å². The summed E-state index contributed by atoms with van der Waals surface area (Å²) in [4.78, 5) is 0. The summed E-state index contributed by atoms with van der Waals surface area (Å²) in [5, 5.41) is 1.02. The van der Waals surface area contributed by atoms with E-state index in [2.05, 4.69) is 21.3 Å². The zero-order chi connectivity index (χ0) is 17.9. The summed E-state index contributed by atoms with van der Waals surface area (Å²) in [7, 11) is 2.04. The van der Waals surface area contributed by atoms with Crippen LogP contribution >= 0.6 is 0 Å². The first kappa shape index (κ1) is 20.6. The van der Waals surface area contributed by atoms with Gasteiger partial charge in [-0.15, -0.1) is 0 Å². The molecular formula is C23H30FIN2. The Morgan fingerprint density at radius 2 is 1.85 bits per heavy atom. The summed E-state index contributed by atoms with van der Waals surface area (Å²) in [5.74, 6) is 0.826. The molecule has 1 saturated carbocycles. The number of halogens is 2. The Morgan fingerprint density at radius 3 is 2.67 bits per heavy atom. The maximum Gasteiger partial charge on any atom is 0.238 e. The van der Waals surface area contributed by atoms with Crippen LogP contribution in [0.3, 0.4) is 0 Å². The number of pyridine rings is 1. The predicted molar refractivity (Wildman–Crippen MR) is 106 cm³/mol. The molecule has 0 radical (unpaired) electrons. The van der Waals surface area contributed by atoms with Gasteiger partial charge < -0.3 is 28.5 Å². The second-order valence-corrected chi connectivity index (χ2v) is 8.02. The van der Waals surface area contributed by atoms with Crippen molar-refractivity contribution < 1.29 is 32.9 Å². The lowest BCUT2D eigenvalue weighted by atomic mass is 9.85. The van der Waals surface area contributed by atoms with Crippen LogP contribution in [-0.2, 0) is 13.6 Å². The molecule has 2 nitrogen and oxygen atoms in total. The Hall–Kier alpha value is -1.17. The molecule has 0 atom stereocenters. The van der Waals surface area contributed by atoms with E-state index in [1.165, 1.54) is 63.3 Å². The third kappa shape index (κ3) is 4.47. The second-order valence-electron chi connectivity index (χ2n) is 8.02.